The zero-order valence-corrected chi connectivity index (χ0v) is 14.8. The molecule has 1 saturated heterocycles. The van der Waals surface area contributed by atoms with E-state index in [2.05, 4.69) is 64.6 Å². The zero-order chi connectivity index (χ0) is 16.5. The molecule has 23 heavy (non-hydrogen) atoms. The van der Waals surface area contributed by atoms with Crippen LogP contribution >= 0.6 is 0 Å². The van der Waals surface area contributed by atoms with Crippen LogP contribution in [0.15, 0.2) is 42.5 Å². The van der Waals surface area contributed by atoms with Gasteiger partial charge < -0.3 is 9.31 Å². The highest BCUT2D eigenvalue weighted by Gasteiger charge is 2.78. The van der Waals surface area contributed by atoms with Gasteiger partial charge in [-0.2, -0.15) is 0 Å². The molecule has 2 nitrogen and oxygen atoms in total. The third-order valence-electron chi connectivity index (χ3n) is 7.22. The summed E-state index contributed by atoms with van der Waals surface area (Å²) in [7, 11) is -0.159. The number of hydrogen-bond donors (Lipinski definition) is 0. The highest BCUT2D eigenvalue weighted by Crippen LogP contribution is 2.76. The van der Waals surface area contributed by atoms with Crippen LogP contribution in [0.25, 0.3) is 0 Å². The van der Waals surface area contributed by atoms with Crippen molar-refractivity contribution in [1.29, 1.82) is 0 Å². The van der Waals surface area contributed by atoms with Crippen molar-refractivity contribution in [2.45, 2.75) is 58.6 Å². The lowest BCUT2D eigenvalue weighted by molar-refractivity contribution is -0.0804. The van der Waals surface area contributed by atoms with Gasteiger partial charge in [-0.15, -0.1) is 6.58 Å². The SMILES string of the molecule is C=C(C)CB1O[C@H]2[C@@H]3CC[C@@](C)(C3(C)C)[C@@]2(c2ccccc2)O1. The zero-order valence-electron chi connectivity index (χ0n) is 14.8. The molecule has 0 N–H and O–H groups in total. The molecule has 2 aliphatic carbocycles. The number of rotatable bonds is 3. The topological polar surface area (TPSA) is 18.5 Å². The van der Waals surface area contributed by atoms with E-state index in [0.29, 0.717) is 5.92 Å². The van der Waals surface area contributed by atoms with Crippen molar-refractivity contribution in [3.8, 4) is 0 Å². The Hall–Kier alpha value is -1.06. The lowest BCUT2D eigenvalue weighted by Gasteiger charge is -2.48. The van der Waals surface area contributed by atoms with E-state index in [-0.39, 0.29) is 29.7 Å². The Balaban J connectivity index is 1.85. The molecule has 0 spiro atoms. The van der Waals surface area contributed by atoms with Crippen LogP contribution in [-0.2, 0) is 14.9 Å². The Morgan fingerprint density at radius 1 is 1.26 bits per heavy atom. The molecule has 3 aliphatic rings. The van der Waals surface area contributed by atoms with Gasteiger partial charge in [-0.3, -0.25) is 0 Å². The van der Waals surface area contributed by atoms with Gasteiger partial charge in [-0.05, 0) is 36.7 Å². The second-order valence-electron chi connectivity index (χ2n) is 8.57. The maximum Gasteiger partial charge on any atom is 0.462 e. The summed E-state index contributed by atoms with van der Waals surface area (Å²) in [6.07, 6.45) is 3.39. The minimum Gasteiger partial charge on any atom is -0.404 e. The summed E-state index contributed by atoms with van der Waals surface area (Å²) < 4.78 is 13.3. The fourth-order valence-corrected chi connectivity index (χ4v) is 5.73. The van der Waals surface area contributed by atoms with Crippen LogP contribution in [0, 0.1) is 16.7 Å². The highest BCUT2D eigenvalue weighted by molar-refractivity contribution is 6.46. The molecule has 0 unspecified atom stereocenters. The van der Waals surface area contributed by atoms with Crippen molar-refractivity contribution in [2.75, 3.05) is 0 Å². The van der Waals surface area contributed by atoms with Gasteiger partial charge in [0.15, 0.2) is 0 Å². The molecule has 2 saturated carbocycles. The van der Waals surface area contributed by atoms with E-state index in [1.807, 2.05) is 0 Å². The maximum absolute atomic E-state index is 6.76. The van der Waals surface area contributed by atoms with E-state index in [0.717, 1.165) is 11.9 Å². The molecule has 0 radical (unpaired) electrons. The summed E-state index contributed by atoms with van der Waals surface area (Å²) in [5, 5.41) is 0. The lowest BCUT2D eigenvalue weighted by Crippen LogP contribution is -2.50. The Bertz CT molecular complexity index is 640. The highest BCUT2D eigenvalue weighted by atomic mass is 16.7. The Morgan fingerprint density at radius 3 is 2.61 bits per heavy atom. The van der Waals surface area contributed by atoms with E-state index in [9.17, 15) is 0 Å². The van der Waals surface area contributed by atoms with Crippen molar-refractivity contribution >= 4 is 7.12 Å². The van der Waals surface area contributed by atoms with Gasteiger partial charge in [0.2, 0.25) is 0 Å². The number of fused-ring (bicyclic) bond motifs is 5. The van der Waals surface area contributed by atoms with E-state index in [1.54, 1.807) is 0 Å². The van der Waals surface area contributed by atoms with Crippen molar-refractivity contribution in [3.05, 3.63) is 48.0 Å². The molecule has 1 aliphatic heterocycles. The van der Waals surface area contributed by atoms with Gasteiger partial charge >= 0.3 is 7.12 Å². The molecule has 3 heteroatoms. The molecule has 0 amide bonds. The second-order valence-corrected chi connectivity index (χ2v) is 8.57. The third kappa shape index (κ3) is 1.73. The summed E-state index contributed by atoms with van der Waals surface area (Å²) >= 11 is 0. The van der Waals surface area contributed by atoms with Gasteiger partial charge in [-0.1, -0.05) is 56.7 Å². The van der Waals surface area contributed by atoms with Crippen LogP contribution in [-0.4, -0.2) is 13.2 Å². The fourth-order valence-electron chi connectivity index (χ4n) is 5.73. The lowest BCUT2D eigenvalue weighted by atomic mass is 9.61. The smallest absolute Gasteiger partial charge is 0.404 e. The normalized spacial score (nSPS) is 40.4. The van der Waals surface area contributed by atoms with Gasteiger partial charge in [0.05, 0.1) is 6.10 Å². The van der Waals surface area contributed by atoms with E-state index >= 15 is 0 Å². The first kappa shape index (κ1) is 15.5. The predicted octanol–water partition coefficient (Wildman–Crippen LogP) is 4.82. The average Bonchev–Trinajstić information content (AvgIpc) is 3.02. The Morgan fingerprint density at radius 2 is 1.96 bits per heavy atom. The number of allylic oxidation sites excluding steroid dienone is 1. The predicted molar refractivity (Wildman–Crippen MR) is 94.1 cm³/mol. The van der Waals surface area contributed by atoms with Crippen molar-refractivity contribution < 1.29 is 9.31 Å². The number of hydrogen-bond acceptors (Lipinski definition) is 2. The molecule has 4 atom stereocenters. The Kier molecular flexibility index (Phi) is 3.19. The van der Waals surface area contributed by atoms with E-state index in [4.69, 9.17) is 9.31 Å². The first-order chi connectivity index (χ1) is 10.8. The monoisotopic (exact) mass is 310 g/mol. The van der Waals surface area contributed by atoms with Crippen LogP contribution in [0.4, 0.5) is 0 Å². The molecule has 1 aromatic carbocycles. The summed E-state index contributed by atoms with van der Waals surface area (Å²) in [5.41, 5.74) is 2.41. The first-order valence-electron chi connectivity index (χ1n) is 8.86. The molecule has 1 heterocycles. The summed E-state index contributed by atoms with van der Waals surface area (Å²) in [5.74, 6) is 0.558. The molecule has 3 fully saturated rings. The number of benzene rings is 1. The average molecular weight is 310 g/mol. The van der Waals surface area contributed by atoms with Crippen molar-refractivity contribution in [2.24, 2.45) is 16.7 Å². The summed E-state index contributed by atoms with van der Waals surface area (Å²) in [4.78, 5) is 0. The molecular weight excluding hydrogens is 283 g/mol. The van der Waals surface area contributed by atoms with Gasteiger partial charge in [0, 0.05) is 11.7 Å². The summed E-state index contributed by atoms with van der Waals surface area (Å²) in [6.45, 7) is 13.3. The maximum atomic E-state index is 6.76. The molecule has 1 aromatic rings. The van der Waals surface area contributed by atoms with Gasteiger partial charge in [-0.25, -0.2) is 0 Å². The molecule has 4 rings (SSSR count). The van der Waals surface area contributed by atoms with Crippen LogP contribution in [0.3, 0.4) is 0 Å². The van der Waals surface area contributed by atoms with E-state index in [1.165, 1.54) is 18.4 Å². The van der Waals surface area contributed by atoms with Gasteiger partial charge in [0.1, 0.15) is 5.60 Å². The Labute approximate surface area is 140 Å². The first-order valence-corrected chi connectivity index (χ1v) is 8.86. The van der Waals surface area contributed by atoms with Crippen LogP contribution in [0.2, 0.25) is 6.32 Å². The molecule has 2 bridgehead atoms. The largest absolute Gasteiger partial charge is 0.462 e. The van der Waals surface area contributed by atoms with Crippen LogP contribution < -0.4 is 0 Å². The standard InChI is InChI=1S/C20H27BO2/c1-14(2)13-21-22-17-16-11-12-19(5,18(16,3)4)20(17,23-21)15-9-7-6-8-10-15/h6-10,16-17H,1,11-13H2,2-5H3/t16-,17-,19-,20-/m0/s1. The van der Waals surface area contributed by atoms with Crippen molar-refractivity contribution in [1.82, 2.24) is 0 Å². The molecular formula is C20H27BO2. The van der Waals surface area contributed by atoms with Crippen LogP contribution in [0.5, 0.6) is 0 Å². The minimum atomic E-state index is -0.319. The molecule has 0 aromatic heterocycles. The van der Waals surface area contributed by atoms with Gasteiger partial charge in [0.25, 0.3) is 0 Å². The van der Waals surface area contributed by atoms with Crippen LogP contribution in [0.1, 0.15) is 46.1 Å². The minimum absolute atomic E-state index is 0.0977. The van der Waals surface area contributed by atoms with Crippen molar-refractivity contribution in [3.63, 3.8) is 0 Å². The molecule has 122 valence electrons. The summed E-state index contributed by atoms with van der Waals surface area (Å²) in [6, 6.07) is 10.8. The quantitative estimate of drug-likeness (QED) is 0.589. The third-order valence-corrected chi connectivity index (χ3v) is 7.22. The fraction of sp³-hybridized carbons (Fsp3) is 0.600. The second kappa shape index (κ2) is 4.74. The van der Waals surface area contributed by atoms with E-state index < -0.39 is 0 Å².